The molecule has 1 aliphatic heterocycles. The van der Waals surface area contributed by atoms with Gasteiger partial charge in [0, 0.05) is 32.7 Å². The molecule has 1 N–H and O–H groups in total. The maximum absolute atomic E-state index is 5.83. The average Bonchev–Trinajstić information content (AvgIpc) is 2.48. The van der Waals surface area contributed by atoms with Crippen LogP contribution in [0.1, 0.15) is 50.5 Å². The van der Waals surface area contributed by atoms with Crippen LogP contribution in [0.3, 0.4) is 0 Å². The van der Waals surface area contributed by atoms with Crippen LogP contribution in [-0.2, 0) is 11.3 Å². The molecule has 5 heteroatoms. The van der Waals surface area contributed by atoms with Crippen LogP contribution in [-0.4, -0.2) is 43.3 Å². The highest BCUT2D eigenvalue weighted by Crippen LogP contribution is 2.22. The molecule has 21 heavy (non-hydrogen) atoms. The van der Waals surface area contributed by atoms with Gasteiger partial charge in [0.25, 0.3) is 0 Å². The third-order valence-corrected chi connectivity index (χ3v) is 3.89. The van der Waals surface area contributed by atoms with Gasteiger partial charge in [0.1, 0.15) is 5.82 Å². The van der Waals surface area contributed by atoms with E-state index in [9.17, 15) is 0 Å². The molecule has 1 aromatic rings. The predicted octanol–water partition coefficient (Wildman–Crippen LogP) is 2.32. The third kappa shape index (κ3) is 4.38. The Labute approximate surface area is 128 Å². The van der Waals surface area contributed by atoms with Gasteiger partial charge in [0.15, 0.2) is 0 Å². The highest BCUT2D eigenvalue weighted by Gasteiger charge is 2.19. The van der Waals surface area contributed by atoms with Crippen molar-refractivity contribution in [2.75, 3.05) is 32.1 Å². The summed E-state index contributed by atoms with van der Waals surface area (Å²) in [5, 5.41) is 3.20. The largest absolute Gasteiger partial charge is 0.376 e. The van der Waals surface area contributed by atoms with Gasteiger partial charge in [-0.3, -0.25) is 0 Å². The van der Waals surface area contributed by atoms with Crippen LogP contribution < -0.4 is 10.2 Å². The van der Waals surface area contributed by atoms with Gasteiger partial charge < -0.3 is 15.0 Å². The molecule has 1 aromatic heterocycles. The van der Waals surface area contributed by atoms with Crippen LogP contribution in [0.4, 0.5) is 5.69 Å². The Morgan fingerprint density at radius 1 is 1.43 bits per heavy atom. The van der Waals surface area contributed by atoms with Gasteiger partial charge in [-0.15, -0.1) is 0 Å². The zero-order chi connectivity index (χ0) is 15.2. The Balaban J connectivity index is 2.12. The number of likely N-dealkylation sites (N-methyl/N-ethyl adjacent to an activating group) is 1. The highest BCUT2D eigenvalue weighted by molar-refractivity contribution is 5.48. The van der Waals surface area contributed by atoms with Crippen LogP contribution in [0.15, 0.2) is 6.20 Å². The standard InChI is InChI=1S/C16H28N4O/c1-12(2)16-18-10-15(14(19-16)9-17-3)20(4)11-13-7-5-6-8-21-13/h10,12-13,17H,5-9,11H2,1-4H3. The quantitative estimate of drug-likeness (QED) is 0.872. The number of hydrogen-bond acceptors (Lipinski definition) is 5. The number of anilines is 1. The summed E-state index contributed by atoms with van der Waals surface area (Å²) >= 11 is 0. The normalized spacial score (nSPS) is 19.0. The summed E-state index contributed by atoms with van der Waals surface area (Å²) in [5.41, 5.74) is 2.16. The molecule has 118 valence electrons. The van der Waals surface area contributed by atoms with Crippen LogP contribution in [0.5, 0.6) is 0 Å². The third-order valence-electron chi connectivity index (χ3n) is 3.89. The monoisotopic (exact) mass is 292 g/mol. The molecule has 0 saturated carbocycles. The number of rotatable bonds is 6. The summed E-state index contributed by atoms with van der Waals surface area (Å²) in [6.07, 6.45) is 5.90. The summed E-state index contributed by atoms with van der Waals surface area (Å²) in [6, 6.07) is 0. The molecule has 0 amide bonds. The Hall–Kier alpha value is -1.20. The van der Waals surface area contributed by atoms with E-state index in [0.29, 0.717) is 12.0 Å². The van der Waals surface area contributed by atoms with Crippen LogP contribution in [0.2, 0.25) is 0 Å². The minimum absolute atomic E-state index is 0.330. The lowest BCUT2D eigenvalue weighted by Crippen LogP contribution is -2.34. The van der Waals surface area contributed by atoms with Gasteiger partial charge >= 0.3 is 0 Å². The molecule has 1 aliphatic rings. The van der Waals surface area contributed by atoms with E-state index in [2.05, 4.69) is 36.1 Å². The summed E-state index contributed by atoms with van der Waals surface area (Å²) in [7, 11) is 4.05. The van der Waals surface area contributed by atoms with E-state index < -0.39 is 0 Å². The SMILES string of the molecule is CNCc1nc(C(C)C)ncc1N(C)CC1CCCCO1. The molecule has 1 atom stereocenters. The fraction of sp³-hybridized carbons (Fsp3) is 0.750. The van der Waals surface area contributed by atoms with Crippen molar-refractivity contribution in [1.82, 2.24) is 15.3 Å². The van der Waals surface area contributed by atoms with E-state index in [1.165, 1.54) is 12.8 Å². The van der Waals surface area contributed by atoms with Gasteiger partial charge in [-0.1, -0.05) is 13.8 Å². The zero-order valence-electron chi connectivity index (χ0n) is 13.7. The summed E-state index contributed by atoms with van der Waals surface area (Å²) in [6.45, 7) is 6.80. The van der Waals surface area contributed by atoms with Gasteiger partial charge in [-0.2, -0.15) is 0 Å². The maximum Gasteiger partial charge on any atom is 0.131 e. The second-order valence-electron chi connectivity index (χ2n) is 6.11. The molecule has 1 fully saturated rings. The molecule has 2 heterocycles. The predicted molar refractivity (Wildman–Crippen MR) is 85.7 cm³/mol. The first kappa shape index (κ1) is 16.2. The first-order valence-electron chi connectivity index (χ1n) is 7.95. The van der Waals surface area contributed by atoms with Crippen molar-refractivity contribution in [3.63, 3.8) is 0 Å². The molecule has 1 saturated heterocycles. The molecule has 5 nitrogen and oxygen atoms in total. The summed E-state index contributed by atoms with van der Waals surface area (Å²) in [4.78, 5) is 11.5. The second-order valence-corrected chi connectivity index (χ2v) is 6.11. The number of hydrogen-bond donors (Lipinski definition) is 1. The number of aromatic nitrogens is 2. The lowest BCUT2D eigenvalue weighted by molar-refractivity contribution is 0.0216. The van der Waals surface area contributed by atoms with E-state index in [0.717, 1.165) is 43.3 Å². The fourth-order valence-corrected chi connectivity index (χ4v) is 2.68. The van der Waals surface area contributed by atoms with E-state index in [1.54, 1.807) is 0 Å². The van der Waals surface area contributed by atoms with Gasteiger partial charge in [-0.25, -0.2) is 9.97 Å². The van der Waals surface area contributed by atoms with Crippen molar-refractivity contribution in [1.29, 1.82) is 0 Å². The van der Waals surface area contributed by atoms with Gasteiger partial charge in [0.2, 0.25) is 0 Å². The molecular formula is C16H28N4O. The number of nitrogens with zero attached hydrogens (tertiary/aromatic N) is 3. The minimum atomic E-state index is 0.330. The Bertz CT molecular complexity index is 444. The van der Waals surface area contributed by atoms with Crippen LogP contribution in [0, 0.1) is 0 Å². The minimum Gasteiger partial charge on any atom is -0.376 e. The fourth-order valence-electron chi connectivity index (χ4n) is 2.68. The first-order valence-corrected chi connectivity index (χ1v) is 7.95. The van der Waals surface area contributed by atoms with E-state index in [-0.39, 0.29) is 0 Å². The lowest BCUT2D eigenvalue weighted by atomic mass is 10.1. The number of nitrogens with one attached hydrogen (secondary N) is 1. The van der Waals surface area contributed by atoms with Crippen molar-refractivity contribution in [3.05, 3.63) is 17.7 Å². The zero-order valence-corrected chi connectivity index (χ0v) is 13.7. The summed E-state index contributed by atoms with van der Waals surface area (Å²) < 4.78 is 5.83. The molecule has 1 unspecified atom stereocenters. The van der Waals surface area contributed by atoms with Crippen LogP contribution >= 0.6 is 0 Å². The van der Waals surface area contributed by atoms with Crippen molar-refractivity contribution < 1.29 is 4.74 Å². The van der Waals surface area contributed by atoms with Crippen molar-refractivity contribution >= 4 is 5.69 Å². The molecule has 2 rings (SSSR count). The van der Waals surface area contributed by atoms with Gasteiger partial charge in [-0.05, 0) is 26.3 Å². The topological polar surface area (TPSA) is 50.3 Å². The molecule has 0 radical (unpaired) electrons. The van der Waals surface area contributed by atoms with E-state index in [1.807, 2.05) is 13.2 Å². The van der Waals surface area contributed by atoms with E-state index >= 15 is 0 Å². The Morgan fingerprint density at radius 2 is 2.24 bits per heavy atom. The number of ether oxygens (including phenoxy) is 1. The molecule has 0 spiro atoms. The molecule has 0 aromatic carbocycles. The highest BCUT2D eigenvalue weighted by atomic mass is 16.5. The lowest BCUT2D eigenvalue weighted by Gasteiger charge is -2.29. The van der Waals surface area contributed by atoms with Gasteiger partial charge in [0.05, 0.1) is 23.7 Å². The molecular weight excluding hydrogens is 264 g/mol. The Kier molecular flexibility index (Phi) is 5.94. The maximum atomic E-state index is 5.83. The van der Waals surface area contributed by atoms with Crippen molar-refractivity contribution in [3.8, 4) is 0 Å². The molecule has 0 aliphatic carbocycles. The van der Waals surface area contributed by atoms with Crippen molar-refractivity contribution in [2.45, 2.75) is 51.7 Å². The van der Waals surface area contributed by atoms with Crippen LogP contribution in [0.25, 0.3) is 0 Å². The van der Waals surface area contributed by atoms with E-state index in [4.69, 9.17) is 9.72 Å². The smallest absolute Gasteiger partial charge is 0.131 e. The summed E-state index contributed by atoms with van der Waals surface area (Å²) in [5.74, 6) is 1.26. The van der Waals surface area contributed by atoms with Crippen molar-refractivity contribution in [2.24, 2.45) is 0 Å². The second kappa shape index (κ2) is 7.71. The first-order chi connectivity index (χ1) is 10.1. The molecule has 0 bridgehead atoms. The Morgan fingerprint density at radius 3 is 2.86 bits per heavy atom. The average molecular weight is 292 g/mol.